The summed E-state index contributed by atoms with van der Waals surface area (Å²) in [5.41, 5.74) is 7.60. The summed E-state index contributed by atoms with van der Waals surface area (Å²) in [6.07, 6.45) is 0. The van der Waals surface area contributed by atoms with Crippen LogP contribution in [0.2, 0.25) is 10.0 Å². The number of halogens is 3. The number of aromatic nitrogens is 2. The molecule has 3 N–H and O–H groups in total. The number of nitrogens with zero attached hydrogens (tertiary/aromatic N) is 4. The Hall–Kier alpha value is -3.61. The Labute approximate surface area is 198 Å². The van der Waals surface area contributed by atoms with Gasteiger partial charge < -0.3 is 16.0 Å². The van der Waals surface area contributed by atoms with Crippen LogP contribution in [0.1, 0.15) is 27.7 Å². The predicted octanol–water partition coefficient (Wildman–Crippen LogP) is 4.39. The van der Waals surface area contributed by atoms with Gasteiger partial charge in [0.1, 0.15) is 12.4 Å². The van der Waals surface area contributed by atoms with Gasteiger partial charge in [-0.05, 0) is 36.4 Å². The van der Waals surface area contributed by atoms with Crippen molar-refractivity contribution in [1.82, 2.24) is 14.7 Å². The first-order chi connectivity index (χ1) is 15.8. The lowest BCUT2D eigenvalue weighted by Gasteiger charge is -2.31. The Kier molecular flexibility index (Phi) is 6.22. The number of hydrogen-bond acceptors (Lipinski definition) is 4. The number of fused-ring (bicyclic) bond motifs is 1. The lowest BCUT2D eigenvalue weighted by atomic mass is 10.0. The maximum atomic E-state index is 13.9. The minimum atomic E-state index is -0.810. The molecule has 1 unspecified atom stereocenters. The van der Waals surface area contributed by atoms with Crippen LogP contribution in [-0.4, -0.2) is 39.8 Å². The topological polar surface area (TPSA) is 117 Å². The van der Waals surface area contributed by atoms with Gasteiger partial charge in [0, 0.05) is 17.8 Å². The van der Waals surface area contributed by atoms with Gasteiger partial charge in [0.2, 0.25) is 0 Å². The highest BCUT2D eigenvalue weighted by atomic mass is 35.5. The van der Waals surface area contributed by atoms with Gasteiger partial charge in [0.25, 0.3) is 5.91 Å². The van der Waals surface area contributed by atoms with Crippen molar-refractivity contribution in [3.05, 3.63) is 69.3 Å². The van der Waals surface area contributed by atoms with E-state index >= 15 is 0 Å². The molecule has 1 atom stereocenters. The zero-order valence-corrected chi connectivity index (χ0v) is 18.6. The summed E-state index contributed by atoms with van der Waals surface area (Å²) in [5, 5.41) is 16.9. The number of alkyl halides is 1. The van der Waals surface area contributed by atoms with Gasteiger partial charge >= 0.3 is 6.03 Å². The summed E-state index contributed by atoms with van der Waals surface area (Å²) < 4.78 is 15.3. The molecule has 0 bridgehead atoms. The molecule has 1 aromatic heterocycles. The molecular weight excluding hydrogens is 470 g/mol. The average molecular weight is 487 g/mol. The largest absolute Gasteiger partial charge is 0.351 e. The highest BCUT2D eigenvalue weighted by Gasteiger charge is 2.35. The molecule has 168 valence electrons. The van der Waals surface area contributed by atoms with Crippen molar-refractivity contribution in [2.24, 2.45) is 5.73 Å². The number of urea groups is 1. The molecule has 2 aromatic carbocycles. The van der Waals surface area contributed by atoms with E-state index in [0.29, 0.717) is 27.5 Å². The van der Waals surface area contributed by atoms with Gasteiger partial charge in [0.15, 0.2) is 0 Å². The number of nitrogens with two attached hydrogens (primary N) is 1. The Morgan fingerprint density at radius 1 is 1.21 bits per heavy atom. The molecule has 0 saturated heterocycles. The Balaban J connectivity index is 1.84. The fourth-order valence-electron chi connectivity index (χ4n) is 3.69. The minimum Gasteiger partial charge on any atom is -0.351 e. The number of nitrogens with one attached hydrogen (secondary N) is 1. The van der Waals surface area contributed by atoms with E-state index in [0.717, 1.165) is 0 Å². The molecule has 3 aromatic rings. The van der Waals surface area contributed by atoms with Gasteiger partial charge in [-0.3, -0.25) is 9.48 Å². The van der Waals surface area contributed by atoms with Crippen LogP contribution in [0.15, 0.2) is 42.5 Å². The molecule has 0 aliphatic carbocycles. The van der Waals surface area contributed by atoms with E-state index in [1.165, 1.54) is 9.58 Å². The van der Waals surface area contributed by atoms with Gasteiger partial charge in [-0.15, -0.1) is 0 Å². The molecule has 11 heteroatoms. The maximum Gasteiger partial charge on any atom is 0.315 e. The van der Waals surface area contributed by atoms with E-state index in [1.807, 2.05) is 6.07 Å². The summed E-state index contributed by atoms with van der Waals surface area (Å²) in [7, 11) is 0. The van der Waals surface area contributed by atoms with Gasteiger partial charge in [-0.25, -0.2) is 9.18 Å². The third-order valence-corrected chi connectivity index (χ3v) is 6.05. The van der Waals surface area contributed by atoms with Crippen LogP contribution in [-0.2, 0) is 6.54 Å². The normalized spacial score (nSPS) is 15.0. The smallest absolute Gasteiger partial charge is 0.315 e. The van der Waals surface area contributed by atoms with E-state index in [4.69, 9.17) is 34.2 Å². The molecule has 0 radical (unpaired) electrons. The predicted molar refractivity (Wildman–Crippen MR) is 122 cm³/mol. The van der Waals surface area contributed by atoms with Crippen molar-refractivity contribution in [2.75, 3.05) is 18.5 Å². The van der Waals surface area contributed by atoms with Crippen molar-refractivity contribution in [2.45, 2.75) is 12.6 Å². The van der Waals surface area contributed by atoms with E-state index in [1.54, 1.807) is 42.5 Å². The summed E-state index contributed by atoms with van der Waals surface area (Å²) in [5.74, 6) is -0.522. The van der Waals surface area contributed by atoms with Crippen LogP contribution >= 0.6 is 23.2 Å². The van der Waals surface area contributed by atoms with Crippen LogP contribution in [0.3, 0.4) is 0 Å². The molecule has 2 heterocycles. The zero-order valence-electron chi connectivity index (χ0n) is 17.1. The van der Waals surface area contributed by atoms with E-state index in [-0.39, 0.29) is 29.4 Å². The molecule has 0 fully saturated rings. The monoisotopic (exact) mass is 486 g/mol. The van der Waals surface area contributed by atoms with E-state index in [9.17, 15) is 14.0 Å². The number of rotatable bonds is 4. The van der Waals surface area contributed by atoms with E-state index < -0.39 is 24.7 Å². The number of anilines is 1. The fraction of sp³-hybridized carbons (Fsp3) is 0.182. The van der Waals surface area contributed by atoms with Crippen LogP contribution in [0, 0.1) is 11.3 Å². The van der Waals surface area contributed by atoms with Crippen LogP contribution in [0.25, 0.3) is 11.3 Å². The summed E-state index contributed by atoms with van der Waals surface area (Å²) in [4.78, 5) is 26.5. The number of carbonyl (C=O) groups is 2. The second kappa shape index (κ2) is 9.10. The summed E-state index contributed by atoms with van der Waals surface area (Å²) >= 11 is 12.2. The molecule has 33 heavy (non-hydrogen) atoms. The number of hydrogen-bond donors (Lipinski definition) is 2. The molecule has 1 aliphatic heterocycles. The number of benzene rings is 2. The van der Waals surface area contributed by atoms with Crippen molar-refractivity contribution >= 4 is 40.8 Å². The molecule has 8 nitrogen and oxygen atoms in total. The van der Waals surface area contributed by atoms with Crippen LogP contribution in [0.4, 0.5) is 14.9 Å². The van der Waals surface area contributed by atoms with Gasteiger partial charge in [0.05, 0.1) is 45.5 Å². The summed E-state index contributed by atoms with van der Waals surface area (Å²) in [6.45, 7) is -0.801. The minimum absolute atomic E-state index is 0.0176. The van der Waals surface area contributed by atoms with Gasteiger partial charge in [-0.2, -0.15) is 10.4 Å². The second-order valence-electron chi connectivity index (χ2n) is 7.41. The SMILES string of the molecule is N#Cc1ccc(NC(=O)c2c(-c3ccc(Cl)c(Cl)c3)nn3c2CN(C(N)=O)CC3CF)cc1. The average Bonchev–Trinajstić information content (AvgIpc) is 3.20. The fourth-order valence-corrected chi connectivity index (χ4v) is 3.99. The molecule has 3 amide bonds. The third-order valence-electron chi connectivity index (χ3n) is 5.31. The molecular formula is C22H17Cl2FN6O2. The van der Waals surface area contributed by atoms with Crippen molar-refractivity contribution < 1.29 is 14.0 Å². The van der Waals surface area contributed by atoms with Gasteiger partial charge in [-0.1, -0.05) is 29.3 Å². The van der Waals surface area contributed by atoms with Crippen LogP contribution in [0.5, 0.6) is 0 Å². The first kappa shape index (κ1) is 22.6. The van der Waals surface area contributed by atoms with Crippen LogP contribution < -0.4 is 11.1 Å². The standard InChI is InChI=1S/C22H17Cl2FN6O2/c23-16-6-3-13(7-17(16)24)20-19(21(32)28-14-4-1-12(9-26)2-5-14)18-11-30(22(27)33)10-15(8-25)31(18)29-20/h1-7,15H,8,10-11H2,(H2,27,33)(H,28,32). The second-order valence-corrected chi connectivity index (χ2v) is 8.23. The molecule has 1 aliphatic rings. The lowest BCUT2D eigenvalue weighted by Crippen LogP contribution is -2.45. The highest BCUT2D eigenvalue weighted by Crippen LogP contribution is 2.35. The van der Waals surface area contributed by atoms with Crippen molar-refractivity contribution in [1.29, 1.82) is 5.26 Å². The molecule has 0 saturated carbocycles. The van der Waals surface area contributed by atoms with E-state index in [2.05, 4.69) is 10.4 Å². The Morgan fingerprint density at radius 3 is 2.55 bits per heavy atom. The van der Waals surface area contributed by atoms with Crippen molar-refractivity contribution in [3.63, 3.8) is 0 Å². The Morgan fingerprint density at radius 2 is 1.94 bits per heavy atom. The molecule has 0 spiro atoms. The number of nitriles is 1. The first-order valence-corrected chi connectivity index (χ1v) is 10.6. The molecule has 4 rings (SSSR count). The number of primary amides is 1. The number of amides is 3. The van der Waals surface area contributed by atoms with Crippen molar-refractivity contribution in [3.8, 4) is 17.3 Å². The zero-order chi connectivity index (χ0) is 23.7. The number of carbonyl (C=O) groups excluding carboxylic acids is 2. The third kappa shape index (κ3) is 4.35. The Bertz CT molecular complexity index is 1290. The highest BCUT2D eigenvalue weighted by molar-refractivity contribution is 6.42. The first-order valence-electron chi connectivity index (χ1n) is 9.81. The quantitative estimate of drug-likeness (QED) is 0.568. The maximum absolute atomic E-state index is 13.9. The lowest BCUT2D eigenvalue weighted by molar-refractivity contribution is 0.102. The summed E-state index contributed by atoms with van der Waals surface area (Å²) in [6, 6.07) is 11.6.